The van der Waals surface area contributed by atoms with Crippen LogP contribution in [-0.2, 0) is 21.4 Å². The number of amides is 1. The fourth-order valence-corrected chi connectivity index (χ4v) is 5.70. The van der Waals surface area contributed by atoms with Crippen LogP contribution in [0.1, 0.15) is 49.3 Å². The highest BCUT2D eigenvalue weighted by atomic mass is 32.2. The molecule has 0 aliphatic carbocycles. The van der Waals surface area contributed by atoms with E-state index in [-0.39, 0.29) is 18.7 Å². The van der Waals surface area contributed by atoms with E-state index >= 15 is 0 Å². The third-order valence-corrected chi connectivity index (χ3v) is 7.93. The number of ether oxygens (including phenoxy) is 1. The first kappa shape index (κ1) is 20.9. The largest absolute Gasteiger partial charge is 0.444 e. The van der Waals surface area contributed by atoms with Gasteiger partial charge in [-0.1, -0.05) is 43.7 Å². The van der Waals surface area contributed by atoms with Gasteiger partial charge in [0.25, 0.3) is 0 Å². The van der Waals surface area contributed by atoms with Gasteiger partial charge in [0, 0.05) is 24.7 Å². The minimum atomic E-state index is -3.54. The number of carbonyl (C=O) groups is 1. The van der Waals surface area contributed by atoms with Crippen molar-refractivity contribution >= 4 is 21.8 Å². The molecule has 2 aliphatic heterocycles. The van der Waals surface area contributed by atoms with Gasteiger partial charge in [-0.2, -0.15) is 4.31 Å². The zero-order valence-corrected chi connectivity index (χ0v) is 18.5. The summed E-state index contributed by atoms with van der Waals surface area (Å²) in [4.78, 5) is 14.5. The van der Waals surface area contributed by atoms with Gasteiger partial charge in [0.05, 0.1) is 10.6 Å². The number of nitrogens with zero attached hydrogens (tertiary/aromatic N) is 2. The molecule has 0 spiro atoms. The minimum absolute atomic E-state index is 0.0750. The maximum atomic E-state index is 13.1. The molecule has 1 fully saturated rings. The van der Waals surface area contributed by atoms with E-state index in [0.29, 0.717) is 36.7 Å². The molecule has 0 aromatic heterocycles. The van der Waals surface area contributed by atoms with Crippen LogP contribution in [0, 0.1) is 6.92 Å². The number of anilines is 1. The molecule has 0 bridgehead atoms. The molecule has 0 saturated carbocycles. The third-order valence-electron chi connectivity index (χ3n) is 6.02. The number of cyclic esters (lactones) is 1. The second-order valence-electron chi connectivity index (χ2n) is 8.42. The van der Waals surface area contributed by atoms with Crippen molar-refractivity contribution in [3.05, 3.63) is 59.2 Å². The number of fused-ring (bicyclic) bond motifs is 1. The summed E-state index contributed by atoms with van der Waals surface area (Å²) in [5.74, 6) is 0.355. The number of aryl methyl sites for hydroxylation is 1. The molecular formula is C23H28N2O4S. The summed E-state index contributed by atoms with van der Waals surface area (Å²) in [7, 11) is -3.54. The lowest BCUT2D eigenvalue weighted by Gasteiger charge is -2.39. The Bertz CT molecular complexity index is 1040. The van der Waals surface area contributed by atoms with E-state index in [1.54, 1.807) is 17.0 Å². The van der Waals surface area contributed by atoms with Crippen molar-refractivity contribution in [2.24, 2.45) is 0 Å². The molecule has 2 heterocycles. The van der Waals surface area contributed by atoms with Crippen LogP contribution >= 0.6 is 0 Å². The Morgan fingerprint density at radius 2 is 1.70 bits per heavy atom. The summed E-state index contributed by atoms with van der Waals surface area (Å²) in [6.45, 7) is 7.22. The molecule has 0 atom stereocenters. The summed E-state index contributed by atoms with van der Waals surface area (Å²) in [5.41, 5.74) is 4.11. The maximum Gasteiger partial charge on any atom is 0.414 e. The van der Waals surface area contributed by atoms with Gasteiger partial charge in [0.2, 0.25) is 10.0 Å². The molecule has 0 N–H and O–H groups in total. The summed E-state index contributed by atoms with van der Waals surface area (Å²) >= 11 is 0. The number of carbonyl (C=O) groups excluding carboxylic acids is 1. The quantitative estimate of drug-likeness (QED) is 0.723. The van der Waals surface area contributed by atoms with Gasteiger partial charge in [0.15, 0.2) is 0 Å². The first-order chi connectivity index (χ1) is 14.3. The Morgan fingerprint density at radius 1 is 1.03 bits per heavy atom. The van der Waals surface area contributed by atoms with Gasteiger partial charge in [-0.3, -0.25) is 4.90 Å². The lowest BCUT2D eigenvalue weighted by atomic mass is 10.0. The van der Waals surface area contributed by atoms with Crippen LogP contribution in [0.2, 0.25) is 0 Å². The van der Waals surface area contributed by atoms with Crippen LogP contribution in [0.3, 0.4) is 0 Å². The summed E-state index contributed by atoms with van der Waals surface area (Å²) in [6, 6.07) is 13.1. The van der Waals surface area contributed by atoms with E-state index in [1.165, 1.54) is 4.31 Å². The van der Waals surface area contributed by atoms with E-state index in [2.05, 4.69) is 13.8 Å². The fourth-order valence-electron chi connectivity index (χ4n) is 4.23. The van der Waals surface area contributed by atoms with E-state index in [1.807, 2.05) is 37.3 Å². The van der Waals surface area contributed by atoms with E-state index < -0.39 is 10.0 Å². The molecule has 2 aromatic rings. The normalized spacial score (nSPS) is 18.4. The number of hydrogen-bond donors (Lipinski definition) is 0. The van der Waals surface area contributed by atoms with E-state index in [0.717, 1.165) is 22.4 Å². The van der Waals surface area contributed by atoms with Crippen molar-refractivity contribution in [3.8, 4) is 0 Å². The molecule has 2 aromatic carbocycles. The Hall–Kier alpha value is -2.38. The van der Waals surface area contributed by atoms with E-state index in [4.69, 9.17) is 4.74 Å². The number of hydrogen-bond acceptors (Lipinski definition) is 4. The number of benzene rings is 2. The minimum Gasteiger partial charge on any atom is -0.444 e. The number of piperidine rings is 1. The van der Waals surface area contributed by atoms with Crippen molar-refractivity contribution in [1.29, 1.82) is 0 Å². The van der Waals surface area contributed by atoms with Gasteiger partial charge in [-0.25, -0.2) is 13.2 Å². The summed E-state index contributed by atoms with van der Waals surface area (Å²) in [6.07, 6.45) is 0.800. The Balaban J connectivity index is 1.49. The van der Waals surface area contributed by atoms with Gasteiger partial charge >= 0.3 is 6.09 Å². The smallest absolute Gasteiger partial charge is 0.414 e. The van der Waals surface area contributed by atoms with Crippen molar-refractivity contribution in [1.82, 2.24) is 4.31 Å². The van der Waals surface area contributed by atoms with Crippen molar-refractivity contribution < 1.29 is 17.9 Å². The molecule has 1 saturated heterocycles. The molecule has 6 nitrogen and oxygen atoms in total. The predicted molar refractivity (Wildman–Crippen MR) is 116 cm³/mol. The second kappa shape index (κ2) is 8.04. The predicted octanol–water partition coefficient (Wildman–Crippen LogP) is 4.43. The third kappa shape index (κ3) is 3.84. The van der Waals surface area contributed by atoms with Crippen LogP contribution in [-0.4, -0.2) is 37.9 Å². The highest BCUT2D eigenvalue weighted by Gasteiger charge is 2.37. The summed E-state index contributed by atoms with van der Waals surface area (Å²) < 4.78 is 33.0. The second-order valence-corrected chi connectivity index (χ2v) is 10.4. The Labute approximate surface area is 178 Å². The number of rotatable bonds is 4. The first-order valence-electron chi connectivity index (χ1n) is 10.4. The van der Waals surface area contributed by atoms with Crippen molar-refractivity contribution in [2.45, 2.75) is 57.1 Å². The molecule has 7 heteroatoms. The lowest BCUT2D eigenvalue weighted by Crippen LogP contribution is -2.50. The molecule has 2 aliphatic rings. The molecular weight excluding hydrogens is 400 g/mol. The highest BCUT2D eigenvalue weighted by Crippen LogP contribution is 2.33. The van der Waals surface area contributed by atoms with Crippen LogP contribution in [0.25, 0.3) is 0 Å². The molecule has 4 rings (SSSR count). The lowest BCUT2D eigenvalue weighted by molar-refractivity contribution is 0.135. The molecule has 30 heavy (non-hydrogen) atoms. The number of sulfonamides is 1. The Morgan fingerprint density at radius 3 is 2.33 bits per heavy atom. The first-order valence-corrected chi connectivity index (χ1v) is 11.9. The zero-order valence-electron chi connectivity index (χ0n) is 17.7. The topological polar surface area (TPSA) is 66.9 Å². The maximum absolute atomic E-state index is 13.1. The van der Waals surface area contributed by atoms with Crippen LogP contribution in [0.4, 0.5) is 10.5 Å². The summed E-state index contributed by atoms with van der Waals surface area (Å²) in [5, 5.41) is 0. The van der Waals surface area contributed by atoms with Crippen LogP contribution in [0.5, 0.6) is 0 Å². The van der Waals surface area contributed by atoms with Gasteiger partial charge in [0.1, 0.15) is 6.61 Å². The van der Waals surface area contributed by atoms with Gasteiger partial charge < -0.3 is 4.74 Å². The van der Waals surface area contributed by atoms with E-state index in [9.17, 15) is 13.2 Å². The monoisotopic (exact) mass is 428 g/mol. The molecule has 160 valence electrons. The average molecular weight is 429 g/mol. The van der Waals surface area contributed by atoms with Gasteiger partial charge in [-0.05, 0) is 49.4 Å². The SMILES string of the molecule is Cc1ccc2c(c1)COC(=O)N2C1CCN(S(=O)(=O)c2ccc(C(C)C)cc2)CC1. The van der Waals surface area contributed by atoms with Crippen molar-refractivity contribution in [2.75, 3.05) is 18.0 Å². The van der Waals surface area contributed by atoms with Crippen LogP contribution in [0.15, 0.2) is 47.4 Å². The Kier molecular flexibility index (Phi) is 5.59. The standard InChI is InChI=1S/C23H28N2O4S/c1-16(2)18-5-7-21(8-6-18)30(27,28)24-12-10-20(11-13-24)25-22-9-4-17(3)14-19(22)15-29-23(25)26/h4-9,14,16,20H,10-13,15H2,1-3H3. The average Bonchev–Trinajstić information content (AvgIpc) is 2.74. The molecule has 0 radical (unpaired) electrons. The van der Waals surface area contributed by atoms with Crippen molar-refractivity contribution in [3.63, 3.8) is 0 Å². The van der Waals surface area contributed by atoms with Gasteiger partial charge in [-0.15, -0.1) is 0 Å². The van der Waals surface area contributed by atoms with Crippen LogP contribution < -0.4 is 4.90 Å². The zero-order chi connectivity index (χ0) is 21.5. The molecule has 0 unspecified atom stereocenters. The highest BCUT2D eigenvalue weighted by molar-refractivity contribution is 7.89. The fraction of sp³-hybridized carbons (Fsp3) is 0.435. The molecule has 1 amide bonds.